The van der Waals surface area contributed by atoms with Gasteiger partial charge in [0, 0.05) is 30.8 Å². The van der Waals surface area contributed by atoms with Gasteiger partial charge in [-0.15, -0.1) is 0 Å². The first-order valence-electron chi connectivity index (χ1n) is 7.91. The number of nitrogens with two attached hydrogens (primary N) is 2. The van der Waals surface area contributed by atoms with Crippen molar-refractivity contribution in [3.63, 3.8) is 0 Å². The fraction of sp³-hybridized carbons (Fsp3) is 0.812. The molecule has 126 valence electrons. The Balaban J connectivity index is 2.97. The number of primary amides is 1. The summed E-state index contributed by atoms with van der Waals surface area (Å²) >= 11 is 0. The molecule has 0 unspecified atom stereocenters. The lowest BCUT2D eigenvalue weighted by atomic mass is 9.70. The second-order valence-electron chi connectivity index (χ2n) is 7.21. The van der Waals surface area contributed by atoms with Crippen LogP contribution in [0.4, 0.5) is 0 Å². The van der Waals surface area contributed by atoms with Crippen LogP contribution in [0.1, 0.15) is 46.5 Å². The van der Waals surface area contributed by atoms with E-state index in [0.29, 0.717) is 6.42 Å². The number of amides is 2. The van der Waals surface area contributed by atoms with E-state index < -0.39 is 17.4 Å². The first kappa shape index (κ1) is 18.6. The van der Waals surface area contributed by atoms with Crippen molar-refractivity contribution in [2.45, 2.75) is 52.5 Å². The van der Waals surface area contributed by atoms with E-state index in [0.717, 1.165) is 19.3 Å². The van der Waals surface area contributed by atoms with Gasteiger partial charge in [-0.1, -0.05) is 33.6 Å². The third-order valence-corrected chi connectivity index (χ3v) is 4.53. The van der Waals surface area contributed by atoms with Crippen LogP contribution in [0.5, 0.6) is 0 Å². The molecular weight excluding hydrogens is 282 g/mol. The molecule has 0 aromatic rings. The summed E-state index contributed by atoms with van der Waals surface area (Å²) in [6.45, 7) is 5.62. The number of hydrogen-bond acceptors (Lipinski definition) is 4. The Morgan fingerprint density at radius 2 is 1.64 bits per heavy atom. The molecule has 0 aliphatic heterocycles. The van der Waals surface area contributed by atoms with E-state index in [4.69, 9.17) is 11.5 Å². The number of Topliss-reactive ketones (excluding diaryl/α,β-unsaturated/α-hetero) is 1. The minimum Gasteiger partial charge on any atom is -0.368 e. The maximum absolute atomic E-state index is 12.8. The lowest BCUT2D eigenvalue weighted by molar-refractivity contribution is -0.148. The van der Waals surface area contributed by atoms with Crippen LogP contribution in [0.3, 0.4) is 0 Å². The third-order valence-electron chi connectivity index (χ3n) is 4.53. The Labute approximate surface area is 132 Å². The molecule has 0 aromatic carbocycles. The van der Waals surface area contributed by atoms with E-state index >= 15 is 0 Å². The van der Waals surface area contributed by atoms with Crippen molar-refractivity contribution in [2.75, 3.05) is 13.6 Å². The molecule has 1 aliphatic rings. The topological polar surface area (TPSA) is 106 Å². The van der Waals surface area contributed by atoms with E-state index in [2.05, 4.69) is 0 Å². The summed E-state index contributed by atoms with van der Waals surface area (Å²) < 4.78 is 0. The highest BCUT2D eigenvalue weighted by molar-refractivity contribution is 5.93. The van der Waals surface area contributed by atoms with Crippen molar-refractivity contribution in [2.24, 2.45) is 28.7 Å². The normalized spacial score (nSPS) is 23.7. The molecule has 0 spiro atoms. The second kappa shape index (κ2) is 7.22. The van der Waals surface area contributed by atoms with Gasteiger partial charge >= 0.3 is 0 Å². The molecule has 4 N–H and O–H groups in total. The Morgan fingerprint density at radius 3 is 2.05 bits per heavy atom. The smallest absolute Gasteiger partial charge is 0.241 e. The Kier molecular flexibility index (Phi) is 6.11. The highest BCUT2D eigenvalue weighted by Crippen LogP contribution is 2.36. The Hall–Kier alpha value is -1.43. The molecule has 1 saturated carbocycles. The third kappa shape index (κ3) is 4.06. The van der Waals surface area contributed by atoms with Crippen molar-refractivity contribution < 1.29 is 14.4 Å². The minimum absolute atomic E-state index is 0.0117. The van der Waals surface area contributed by atoms with E-state index in [1.165, 1.54) is 11.9 Å². The lowest BCUT2D eigenvalue weighted by Gasteiger charge is -2.37. The average molecular weight is 311 g/mol. The average Bonchev–Trinajstić information content (AvgIpc) is 2.44. The lowest BCUT2D eigenvalue weighted by Crippen LogP contribution is -2.53. The van der Waals surface area contributed by atoms with Crippen LogP contribution < -0.4 is 11.5 Å². The summed E-state index contributed by atoms with van der Waals surface area (Å²) in [5.74, 6) is -1.36. The molecule has 6 heteroatoms. The molecular formula is C16H29N3O3. The van der Waals surface area contributed by atoms with Crippen molar-refractivity contribution in [1.29, 1.82) is 0 Å². The summed E-state index contributed by atoms with van der Waals surface area (Å²) in [5, 5.41) is 0. The molecule has 22 heavy (non-hydrogen) atoms. The van der Waals surface area contributed by atoms with Crippen LogP contribution in [-0.2, 0) is 14.4 Å². The highest BCUT2D eigenvalue weighted by atomic mass is 16.2. The quantitative estimate of drug-likeness (QED) is 0.778. The Bertz CT molecular complexity index is 442. The molecule has 2 amide bonds. The van der Waals surface area contributed by atoms with Crippen LogP contribution in [0, 0.1) is 17.3 Å². The first-order valence-corrected chi connectivity index (χ1v) is 7.91. The number of nitrogens with zero attached hydrogens (tertiary/aromatic N) is 1. The van der Waals surface area contributed by atoms with Gasteiger partial charge in [0.15, 0.2) is 0 Å². The molecule has 0 radical (unpaired) electrons. The zero-order valence-electron chi connectivity index (χ0n) is 14.1. The van der Waals surface area contributed by atoms with E-state index in [-0.39, 0.29) is 30.1 Å². The number of carbonyl (C=O) groups excluding carboxylic acids is 3. The van der Waals surface area contributed by atoms with Gasteiger partial charge in [0.05, 0.1) is 0 Å². The van der Waals surface area contributed by atoms with Crippen LogP contribution in [0.15, 0.2) is 0 Å². The van der Waals surface area contributed by atoms with Gasteiger partial charge in [-0.25, -0.2) is 0 Å². The second-order valence-corrected chi connectivity index (χ2v) is 7.21. The van der Waals surface area contributed by atoms with Gasteiger partial charge in [0.1, 0.15) is 11.8 Å². The van der Waals surface area contributed by atoms with Crippen LogP contribution in [0.25, 0.3) is 0 Å². The molecule has 0 saturated heterocycles. The van der Waals surface area contributed by atoms with Gasteiger partial charge < -0.3 is 16.4 Å². The summed E-state index contributed by atoms with van der Waals surface area (Å²) in [6, 6.07) is -0.820. The maximum Gasteiger partial charge on any atom is 0.241 e. The van der Waals surface area contributed by atoms with Crippen molar-refractivity contribution in [1.82, 2.24) is 4.90 Å². The van der Waals surface area contributed by atoms with Crippen LogP contribution >= 0.6 is 0 Å². The van der Waals surface area contributed by atoms with E-state index in [9.17, 15) is 14.4 Å². The number of carbonyl (C=O) groups is 3. The van der Waals surface area contributed by atoms with Gasteiger partial charge in [0.25, 0.3) is 0 Å². The molecule has 3 atom stereocenters. The van der Waals surface area contributed by atoms with Crippen LogP contribution in [-0.4, -0.2) is 42.1 Å². The summed E-state index contributed by atoms with van der Waals surface area (Å²) in [4.78, 5) is 38.1. The van der Waals surface area contributed by atoms with Crippen molar-refractivity contribution in [3.8, 4) is 0 Å². The fourth-order valence-corrected chi connectivity index (χ4v) is 3.18. The highest BCUT2D eigenvalue weighted by Gasteiger charge is 2.42. The van der Waals surface area contributed by atoms with Gasteiger partial charge in [-0.2, -0.15) is 0 Å². The molecule has 1 rings (SSSR count). The SMILES string of the molecule is CN(C(=O)[C@@H]1CCCC[C@@H]1C(=O)C(C)(C)C)[C@@H](CN)C(N)=O. The van der Waals surface area contributed by atoms with Crippen LogP contribution in [0.2, 0.25) is 0 Å². The van der Waals surface area contributed by atoms with E-state index in [1.807, 2.05) is 20.8 Å². The molecule has 6 nitrogen and oxygen atoms in total. The summed E-state index contributed by atoms with van der Waals surface area (Å²) in [6.07, 6.45) is 3.27. The number of hydrogen-bond donors (Lipinski definition) is 2. The predicted molar refractivity (Wildman–Crippen MR) is 84.7 cm³/mol. The summed E-state index contributed by atoms with van der Waals surface area (Å²) in [5.41, 5.74) is 10.4. The van der Waals surface area contributed by atoms with Gasteiger partial charge in [-0.3, -0.25) is 14.4 Å². The largest absolute Gasteiger partial charge is 0.368 e. The molecule has 0 aromatic heterocycles. The minimum atomic E-state index is -0.820. The van der Waals surface area contributed by atoms with Crippen molar-refractivity contribution >= 4 is 17.6 Å². The fourth-order valence-electron chi connectivity index (χ4n) is 3.18. The Morgan fingerprint density at radius 1 is 1.14 bits per heavy atom. The standard InChI is InChI=1S/C16H29N3O3/c1-16(2,3)13(20)10-7-5-6-8-11(10)15(22)19(4)12(9-17)14(18)21/h10-12H,5-9,17H2,1-4H3,(H2,18,21)/t10-,11+,12-/m0/s1. The monoisotopic (exact) mass is 311 g/mol. The molecule has 0 bridgehead atoms. The molecule has 0 heterocycles. The first-order chi connectivity index (χ1) is 10.1. The van der Waals surface area contributed by atoms with Gasteiger partial charge in [-0.05, 0) is 12.8 Å². The maximum atomic E-state index is 12.8. The zero-order valence-corrected chi connectivity index (χ0v) is 14.1. The van der Waals surface area contributed by atoms with E-state index in [1.54, 1.807) is 0 Å². The van der Waals surface area contributed by atoms with Gasteiger partial charge in [0.2, 0.25) is 11.8 Å². The zero-order chi connectivity index (χ0) is 17.1. The predicted octanol–water partition coefficient (Wildman–Crippen LogP) is 0.679. The molecule has 1 aliphatic carbocycles. The number of rotatable bonds is 5. The molecule has 1 fully saturated rings. The number of likely N-dealkylation sites (N-methyl/N-ethyl adjacent to an activating group) is 1. The summed E-state index contributed by atoms with van der Waals surface area (Å²) in [7, 11) is 1.54. The number of ketones is 1. The van der Waals surface area contributed by atoms with Crippen molar-refractivity contribution in [3.05, 3.63) is 0 Å².